The fourth-order valence-electron chi connectivity index (χ4n) is 2.16. The standard InChI is InChI=1S/C18H17NO2/c1-3-11-19(2)13-14-7-9-15(10-8-14)16-5-4-6-17(12-16)18(20)21/h1,4-10,12H,11,13H2,2H3,(H,20,21). The van der Waals surface area contributed by atoms with Crippen molar-refractivity contribution in [2.24, 2.45) is 0 Å². The highest BCUT2D eigenvalue weighted by Crippen LogP contribution is 2.21. The van der Waals surface area contributed by atoms with Crippen molar-refractivity contribution in [2.45, 2.75) is 6.54 Å². The van der Waals surface area contributed by atoms with Crippen LogP contribution < -0.4 is 0 Å². The second-order valence-electron chi connectivity index (χ2n) is 4.96. The third-order valence-electron chi connectivity index (χ3n) is 3.21. The van der Waals surface area contributed by atoms with Crippen LogP contribution >= 0.6 is 0 Å². The van der Waals surface area contributed by atoms with E-state index in [1.165, 1.54) is 5.56 Å². The number of carboxylic acid groups (broad SMARTS) is 1. The topological polar surface area (TPSA) is 40.5 Å². The van der Waals surface area contributed by atoms with Crippen LogP contribution in [0.3, 0.4) is 0 Å². The van der Waals surface area contributed by atoms with Crippen LogP contribution in [-0.4, -0.2) is 29.6 Å². The van der Waals surface area contributed by atoms with Crippen LogP contribution in [0.1, 0.15) is 15.9 Å². The molecule has 0 bridgehead atoms. The Labute approximate surface area is 124 Å². The highest BCUT2D eigenvalue weighted by molar-refractivity contribution is 5.89. The van der Waals surface area contributed by atoms with E-state index >= 15 is 0 Å². The van der Waals surface area contributed by atoms with Gasteiger partial charge in [0, 0.05) is 6.54 Å². The van der Waals surface area contributed by atoms with Crippen LogP contribution in [0.5, 0.6) is 0 Å². The van der Waals surface area contributed by atoms with Gasteiger partial charge in [0.15, 0.2) is 0 Å². The first-order chi connectivity index (χ1) is 10.1. The van der Waals surface area contributed by atoms with Gasteiger partial charge in [-0.05, 0) is 35.9 Å². The number of hydrogen-bond donors (Lipinski definition) is 1. The lowest BCUT2D eigenvalue weighted by Gasteiger charge is -2.13. The second kappa shape index (κ2) is 6.74. The van der Waals surface area contributed by atoms with Crippen molar-refractivity contribution in [3.8, 4) is 23.5 Å². The summed E-state index contributed by atoms with van der Waals surface area (Å²) in [7, 11) is 1.98. The molecule has 3 heteroatoms. The lowest BCUT2D eigenvalue weighted by molar-refractivity contribution is 0.0697. The molecule has 0 atom stereocenters. The number of rotatable bonds is 5. The van der Waals surface area contributed by atoms with Crippen molar-refractivity contribution in [3.05, 3.63) is 59.7 Å². The third-order valence-corrected chi connectivity index (χ3v) is 3.21. The van der Waals surface area contributed by atoms with Gasteiger partial charge in [0.25, 0.3) is 0 Å². The quantitative estimate of drug-likeness (QED) is 0.855. The number of benzene rings is 2. The molecule has 0 radical (unpaired) electrons. The zero-order chi connectivity index (χ0) is 15.2. The Morgan fingerprint density at radius 3 is 2.52 bits per heavy atom. The summed E-state index contributed by atoms with van der Waals surface area (Å²) in [5.41, 5.74) is 3.37. The van der Waals surface area contributed by atoms with Crippen LogP contribution in [0.4, 0.5) is 0 Å². The molecule has 106 valence electrons. The zero-order valence-corrected chi connectivity index (χ0v) is 11.9. The third kappa shape index (κ3) is 3.95. The Kier molecular flexibility index (Phi) is 4.76. The molecular weight excluding hydrogens is 262 g/mol. The van der Waals surface area contributed by atoms with E-state index in [0.717, 1.165) is 17.7 Å². The molecule has 0 aliphatic heterocycles. The molecule has 0 saturated carbocycles. The van der Waals surface area contributed by atoms with E-state index in [4.69, 9.17) is 11.5 Å². The van der Waals surface area contributed by atoms with E-state index in [2.05, 4.69) is 10.8 Å². The van der Waals surface area contributed by atoms with Gasteiger partial charge in [0.2, 0.25) is 0 Å². The maximum atomic E-state index is 11.0. The molecule has 0 aromatic heterocycles. The van der Waals surface area contributed by atoms with E-state index in [9.17, 15) is 4.79 Å². The maximum Gasteiger partial charge on any atom is 0.335 e. The number of terminal acetylenes is 1. The summed E-state index contributed by atoms with van der Waals surface area (Å²) in [6.07, 6.45) is 5.28. The molecule has 0 saturated heterocycles. The predicted molar refractivity (Wildman–Crippen MR) is 84.0 cm³/mol. The first-order valence-corrected chi connectivity index (χ1v) is 6.65. The molecule has 0 aliphatic rings. The Morgan fingerprint density at radius 1 is 1.19 bits per heavy atom. The Hall–Kier alpha value is -2.57. The summed E-state index contributed by atoms with van der Waals surface area (Å²) in [5.74, 6) is 1.70. The minimum Gasteiger partial charge on any atom is -0.478 e. The maximum absolute atomic E-state index is 11.0. The summed E-state index contributed by atoms with van der Waals surface area (Å²) in [6, 6.07) is 15.0. The molecule has 0 unspecified atom stereocenters. The molecule has 2 rings (SSSR count). The molecule has 2 aromatic carbocycles. The minimum atomic E-state index is -0.913. The van der Waals surface area contributed by atoms with E-state index < -0.39 is 5.97 Å². The van der Waals surface area contributed by atoms with Gasteiger partial charge in [-0.1, -0.05) is 42.3 Å². The van der Waals surface area contributed by atoms with Crippen molar-refractivity contribution < 1.29 is 9.90 Å². The van der Waals surface area contributed by atoms with Gasteiger partial charge in [-0.3, -0.25) is 4.90 Å². The molecule has 0 aliphatic carbocycles. The van der Waals surface area contributed by atoms with E-state index in [1.807, 2.05) is 37.4 Å². The molecule has 0 spiro atoms. The van der Waals surface area contributed by atoms with Crippen molar-refractivity contribution in [1.29, 1.82) is 0 Å². The summed E-state index contributed by atoms with van der Waals surface area (Å²) < 4.78 is 0. The Morgan fingerprint density at radius 2 is 1.90 bits per heavy atom. The number of aromatic carboxylic acids is 1. The van der Waals surface area contributed by atoms with Crippen molar-refractivity contribution >= 4 is 5.97 Å². The number of nitrogens with zero attached hydrogens (tertiary/aromatic N) is 1. The van der Waals surface area contributed by atoms with Gasteiger partial charge < -0.3 is 5.11 Å². The molecule has 1 N–H and O–H groups in total. The molecule has 0 heterocycles. The highest BCUT2D eigenvalue weighted by atomic mass is 16.4. The van der Waals surface area contributed by atoms with Gasteiger partial charge in [-0.2, -0.15) is 0 Å². The SMILES string of the molecule is C#CCN(C)Cc1ccc(-c2cccc(C(=O)O)c2)cc1. The molecule has 21 heavy (non-hydrogen) atoms. The highest BCUT2D eigenvalue weighted by Gasteiger charge is 2.05. The van der Waals surface area contributed by atoms with Crippen LogP contribution in [0.25, 0.3) is 11.1 Å². The van der Waals surface area contributed by atoms with Gasteiger partial charge in [0.05, 0.1) is 12.1 Å². The second-order valence-corrected chi connectivity index (χ2v) is 4.96. The molecule has 0 fully saturated rings. The first-order valence-electron chi connectivity index (χ1n) is 6.65. The predicted octanol–water partition coefficient (Wildman–Crippen LogP) is 3.12. The van der Waals surface area contributed by atoms with E-state index in [1.54, 1.807) is 18.2 Å². The molecule has 0 amide bonds. The van der Waals surface area contributed by atoms with Gasteiger partial charge in [-0.25, -0.2) is 4.79 Å². The van der Waals surface area contributed by atoms with Crippen molar-refractivity contribution in [3.63, 3.8) is 0 Å². The lowest BCUT2D eigenvalue weighted by Crippen LogP contribution is -2.17. The summed E-state index contributed by atoms with van der Waals surface area (Å²) in [4.78, 5) is 13.1. The summed E-state index contributed by atoms with van der Waals surface area (Å²) >= 11 is 0. The van der Waals surface area contributed by atoms with Crippen LogP contribution in [-0.2, 0) is 6.54 Å². The lowest BCUT2D eigenvalue weighted by atomic mass is 10.0. The minimum absolute atomic E-state index is 0.297. The molecular formula is C18H17NO2. The average molecular weight is 279 g/mol. The van der Waals surface area contributed by atoms with Crippen LogP contribution in [0.2, 0.25) is 0 Å². The number of hydrogen-bond acceptors (Lipinski definition) is 2. The van der Waals surface area contributed by atoms with Crippen LogP contribution in [0.15, 0.2) is 48.5 Å². The summed E-state index contributed by atoms with van der Waals surface area (Å²) in [6.45, 7) is 1.40. The molecule has 2 aromatic rings. The van der Waals surface area contributed by atoms with Crippen LogP contribution in [0, 0.1) is 12.3 Å². The zero-order valence-electron chi connectivity index (χ0n) is 11.9. The fourth-order valence-corrected chi connectivity index (χ4v) is 2.16. The largest absolute Gasteiger partial charge is 0.478 e. The first kappa shape index (κ1) is 14.8. The Balaban J connectivity index is 2.17. The van der Waals surface area contributed by atoms with Crippen molar-refractivity contribution in [1.82, 2.24) is 4.90 Å². The van der Waals surface area contributed by atoms with Gasteiger partial charge in [0.1, 0.15) is 0 Å². The fraction of sp³-hybridized carbons (Fsp3) is 0.167. The molecule has 3 nitrogen and oxygen atoms in total. The average Bonchev–Trinajstić information content (AvgIpc) is 2.48. The monoisotopic (exact) mass is 279 g/mol. The normalized spacial score (nSPS) is 10.3. The van der Waals surface area contributed by atoms with Gasteiger partial charge in [-0.15, -0.1) is 6.42 Å². The number of carboxylic acids is 1. The smallest absolute Gasteiger partial charge is 0.335 e. The number of carbonyl (C=O) groups is 1. The summed E-state index contributed by atoms with van der Waals surface area (Å²) in [5, 5.41) is 9.03. The Bertz CT molecular complexity index is 668. The van der Waals surface area contributed by atoms with E-state index in [0.29, 0.717) is 12.1 Å². The van der Waals surface area contributed by atoms with Gasteiger partial charge >= 0.3 is 5.97 Å². The van der Waals surface area contributed by atoms with Crippen molar-refractivity contribution in [2.75, 3.05) is 13.6 Å². The van der Waals surface area contributed by atoms with E-state index in [-0.39, 0.29) is 0 Å².